The molecule has 1 fully saturated rings. The van der Waals surface area contributed by atoms with Crippen molar-refractivity contribution in [2.45, 2.75) is 12.5 Å². The van der Waals surface area contributed by atoms with Gasteiger partial charge in [0.1, 0.15) is 0 Å². The highest BCUT2D eigenvalue weighted by Crippen LogP contribution is 2.12. The van der Waals surface area contributed by atoms with Crippen molar-refractivity contribution in [1.82, 2.24) is 5.32 Å². The van der Waals surface area contributed by atoms with Crippen LogP contribution in [0.1, 0.15) is 5.56 Å². The van der Waals surface area contributed by atoms with E-state index in [1.165, 1.54) is 5.56 Å². The zero-order valence-electron chi connectivity index (χ0n) is 7.95. The Labute approximate surface area is 89.2 Å². The average molecular weight is 211 g/mol. The summed E-state index contributed by atoms with van der Waals surface area (Å²) in [4.78, 5) is 0. The third kappa shape index (κ3) is 2.71. The second-order valence-electron chi connectivity index (χ2n) is 3.45. The van der Waals surface area contributed by atoms with Crippen molar-refractivity contribution in [3.05, 3.63) is 34.9 Å². The molecule has 3 heteroatoms. The summed E-state index contributed by atoms with van der Waals surface area (Å²) >= 11 is 5.80. The van der Waals surface area contributed by atoms with Crippen LogP contribution in [0.4, 0.5) is 0 Å². The molecule has 0 saturated carbocycles. The van der Waals surface area contributed by atoms with Crippen LogP contribution in [0.2, 0.25) is 5.02 Å². The van der Waals surface area contributed by atoms with E-state index in [2.05, 4.69) is 5.32 Å². The van der Waals surface area contributed by atoms with Gasteiger partial charge >= 0.3 is 0 Å². The highest BCUT2D eigenvalue weighted by Gasteiger charge is 2.14. The molecule has 1 aliphatic rings. The number of benzene rings is 1. The molecule has 0 N–H and O–H groups in total. The first kappa shape index (κ1) is 9.97. The van der Waals surface area contributed by atoms with Gasteiger partial charge in [-0.15, -0.1) is 0 Å². The molecule has 0 bridgehead atoms. The monoisotopic (exact) mass is 210 g/mol. The van der Waals surface area contributed by atoms with Crippen LogP contribution in [0.3, 0.4) is 0 Å². The number of nitrogens with zero attached hydrogens (tertiary/aromatic N) is 1. The van der Waals surface area contributed by atoms with Gasteiger partial charge in [-0.05, 0) is 24.1 Å². The van der Waals surface area contributed by atoms with E-state index in [1.54, 1.807) is 0 Å². The molecule has 1 atom stereocenters. The predicted octanol–water partition coefficient (Wildman–Crippen LogP) is 1.89. The van der Waals surface area contributed by atoms with Crippen molar-refractivity contribution in [2.75, 3.05) is 19.7 Å². The van der Waals surface area contributed by atoms with Crippen LogP contribution in [0.5, 0.6) is 0 Å². The zero-order valence-corrected chi connectivity index (χ0v) is 8.70. The fourth-order valence-electron chi connectivity index (χ4n) is 1.58. The SMILES string of the molecule is Clc1ccc(CC2C[N]CCO2)cc1. The van der Waals surface area contributed by atoms with E-state index in [0.717, 1.165) is 31.1 Å². The minimum Gasteiger partial charge on any atom is -0.375 e. The van der Waals surface area contributed by atoms with Crippen molar-refractivity contribution in [3.8, 4) is 0 Å². The Bertz CT molecular complexity index is 280. The van der Waals surface area contributed by atoms with E-state index in [-0.39, 0.29) is 6.10 Å². The van der Waals surface area contributed by atoms with Gasteiger partial charge in [-0.3, -0.25) is 0 Å². The minimum absolute atomic E-state index is 0.255. The molecule has 0 spiro atoms. The number of rotatable bonds is 2. The summed E-state index contributed by atoms with van der Waals surface area (Å²) in [6.45, 7) is 2.43. The van der Waals surface area contributed by atoms with E-state index in [1.807, 2.05) is 24.3 Å². The van der Waals surface area contributed by atoms with Crippen molar-refractivity contribution in [3.63, 3.8) is 0 Å². The topological polar surface area (TPSA) is 23.3 Å². The first-order valence-corrected chi connectivity index (χ1v) is 5.22. The quantitative estimate of drug-likeness (QED) is 0.731. The standard InChI is InChI=1S/C11H13ClNO/c12-10-3-1-9(2-4-10)7-11-8-13-5-6-14-11/h1-4,11H,5-8H2. The molecule has 1 aromatic carbocycles. The molecule has 1 radical (unpaired) electrons. The normalized spacial score (nSPS) is 22.2. The fraction of sp³-hybridized carbons (Fsp3) is 0.455. The van der Waals surface area contributed by atoms with E-state index < -0.39 is 0 Å². The molecule has 1 heterocycles. The summed E-state index contributed by atoms with van der Waals surface area (Å²) in [7, 11) is 0. The number of ether oxygens (including phenoxy) is 1. The highest BCUT2D eigenvalue weighted by atomic mass is 35.5. The van der Waals surface area contributed by atoms with Gasteiger partial charge in [-0.1, -0.05) is 23.7 Å². The summed E-state index contributed by atoms with van der Waals surface area (Å²) in [5, 5.41) is 5.10. The Balaban J connectivity index is 1.92. The molecule has 2 rings (SSSR count). The molecular weight excluding hydrogens is 198 g/mol. The van der Waals surface area contributed by atoms with Crippen LogP contribution in [0, 0.1) is 0 Å². The molecule has 1 saturated heterocycles. The van der Waals surface area contributed by atoms with E-state index in [4.69, 9.17) is 16.3 Å². The molecular formula is C11H13ClNO. The van der Waals surface area contributed by atoms with E-state index in [0.29, 0.717) is 0 Å². The molecule has 0 amide bonds. The lowest BCUT2D eigenvalue weighted by molar-refractivity contribution is 0.0276. The van der Waals surface area contributed by atoms with Crippen LogP contribution in [-0.4, -0.2) is 25.8 Å². The summed E-state index contributed by atoms with van der Waals surface area (Å²) in [6, 6.07) is 7.91. The molecule has 0 aromatic heterocycles. The first-order valence-electron chi connectivity index (χ1n) is 4.84. The van der Waals surface area contributed by atoms with Crippen molar-refractivity contribution >= 4 is 11.6 Å². The number of hydrogen-bond acceptors (Lipinski definition) is 1. The van der Waals surface area contributed by atoms with Gasteiger partial charge in [-0.25, -0.2) is 5.32 Å². The number of hydrogen-bond donors (Lipinski definition) is 0. The maximum atomic E-state index is 5.80. The second-order valence-corrected chi connectivity index (χ2v) is 3.89. The average Bonchev–Trinajstić information content (AvgIpc) is 2.23. The Hall–Kier alpha value is -0.570. The molecule has 2 nitrogen and oxygen atoms in total. The van der Waals surface area contributed by atoms with Crippen LogP contribution >= 0.6 is 11.6 Å². The van der Waals surface area contributed by atoms with Gasteiger partial charge in [0.2, 0.25) is 0 Å². The summed E-state index contributed by atoms with van der Waals surface area (Å²) < 4.78 is 5.59. The zero-order chi connectivity index (χ0) is 9.80. The van der Waals surface area contributed by atoms with Crippen molar-refractivity contribution in [1.29, 1.82) is 0 Å². The minimum atomic E-state index is 0.255. The van der Waals surface area contributed by atoms with Gasteiger partial charge in [-0.2, -0.15) is 0 Å². The summed E-state index contributed by atoms with van der Waals surface area (Å²) in [5.41, 5.74) is 1.26. The molecule has 1 unspecified atom stereocenters. The fourth-order valence-corrected chi connectivity index (χ4v) is 1.70. The highest BCUT2D eigenvalue weighted by molar-refractivity contribution is 6.30. The predicted molar refractivity (Wildman–Crippen MR) is 56.8 cm³/mol. The lowest BCUT2D eigenvalue weighted by Crippen LogP contribution is -2.35. The van der Waals surface area contributed by atoms with Gasteiger partial charge in [0.05, 0.1) is 12.7 Å². The van der Waals surface area contributed by atoms with E-state index in [9.17, 15) is 0 Å². The third-order valence-electron chi connectivity index (χ3n) is 2.31. The number of morpholine rings is 1. The maximum Gasteiger partial charge on any atom is 0.0757 e. The molecule has 14 heavy (non-hydrogen) atoms. The molecule has 75 valence electrons. The second kappa shape index (κ2) is 4.78. The Morgan fingerprint density at radius 2 is 2.14 bits per heavy atom. The van der Waals surface area contributed by atoms with Crippen LogP contribution in [-0.2, 0) is 11.2 Å². The number of halogens is 1. The Morgan fingerprint density at radius 3 is 2.79 bits per heavy atom. The third-order valence-corrected chi connectivity index (χ3v) is 2.56. The van der Waals surface area contributed by atoms with Gasteiger partial charge < -0.3 is 4.74 Å². The summed E-state index contributed by atoms with van der Waals surface area (Å²) in [5.74, 6) is 0. The van der Waals surface area contributed by atoms with Crippen LogP contribution < -0.4 is 5.32 Å². The van der Waals surface area contributed by atoms with Crippen LogP contribution in [0.15, 0.2) is 24.3 Å². The Morgan fingerprint density at radius 1 is 1.36 bits per heavy atom. The van der Waals surface area contributed by atoms with Gasteiger partial charge in [0.25, 0.3) is 0 Å². The van der Waals surface area contributed by atoms with Gasteiger partial charge in [0, 0.05) is 18.1 Å². The lowest BCUT2D eigenvalue weighted by Gasteiger charge is -2.22. The lowest BCUT2D eigenvalue weighted by atomic mass is 10.1. The molecule has 1 aromatic rings. The summed E-state index contributed by atoms with van der Waals surface area (Å²) in [6.07, 6.45) is 1.19. The van der Waals surface area contributed by atoms with Crippen molar-refractivity contribution in [2.24, 2.45) is 0 Å². The van der Waals surface area contributed by atoms with Crippen molar-refractivity contribution < 1.29 is 4.74 Å². The first-order chi connectivity index (χ1) is 6.84. The smallest absolute Gasteiger partial charge is 0.0757 e. The molecule has 0 aliphatic carbocycles. The largest absolute Gasteiger partial charge is 0.375 e. The molecule has 1 aliphatic heterocycles. The van der Waals surface area contributed by atoms with Gasteiger partial charge in [0.15, 0.2) is 0 Å². The van der Waals surface area contributed by atoms with Crippen LogP contribution in [0.25, 0.3) is 0 Å². The maximum absolute atomic E-state index is 5.80. The van der Waals surface area contributed by atoms with E-state index >= 15 is 0 Å². The Kier molecular flexibility index (Phi) is 3.40.